The molecule has 0 amide bonds. The molecule has 1 saturated heterocycles. The average Bonchev–Trinajstić information content (AvgIpc) is 3.60. The molecule has 4 atom stereocenters. The second-order valence-corrected chi connectivity index (χ2v) is 28.6. The Balaban J connectivity index is 2.47. The minimum Gasteiger partial charge on any atom is -0.466 e. The van der Waals surface area contributed by atoms with E-state index >= 15 is 0 Å². The lowest BCUT2D eigenvalue weighted by atomic mass is 10.1. The third-order valence-electron chi connectivity index (χ3n) is 16.3. The average molecular weight is 1310 g/mol. The van der Waals surface area contributed by atoms with Crippen molar-refractivity contribution in [3.8, 4) is 0 Å². The summed E-state index contributed by atoms with van der Waals surface area (Å²) >= 11 is 0. The van der Waals surface area contributed by atoms with Crippen molar-refractivity contribution in [2.75, 3.05) is 123 Å². The van der Waals surface area contributed by atoms with E-state index in [0.717, 1.165) is 198 Å². The number of nitrogens with zero attached hydrogens (tertiary/aromatic N) is 4. The minimum atomic E-state index is -0.565. The van der Waals surface area contributed by atoms with Crippen LogP contribution in [0.1, 0.15) is 253 Å². The van der Waals surface area contributed by atoms with Gasteiger partial charge in [-0.25, -0.2) is 0 Å². The van der Waals surface area contributed by atoms with Crippen molar-refractivity contribution in [1.29, 1.82) is 0 Å². The molecule has 0 aromatic carbocycles. The standard InChI is InChI=1S/C69H132N4O14S2/c1-7-9-48-83-65(78)33-23-15-11-19-29-61(74)55-72(56-62(75)30-20-12-16-24-34-66(79)84-49-10-8-2)40-27-37-69(82)87-52-46-70-42-44-71(45-43-70)47-54-89-88-53-28-41-73(57-63(76)31-21-13-17-25-35-67(80)85-50-38-59(3)4)58-64(77)32-22-14-18-26-36-68(81)86-51-39-60(5)6/h59-64,74-77H,7-58H2,1-6H3. The van der Waals surface area contributed by atoms with E-state index in [4.69, 9.17) is 23.7 Å². The Bertz CT molecular complexity index is 1610. The lowest BCUT2D eigenvalue weighted by Crippen LogP contribution is -2.47. The molecule has 1 aliphatic rings. The zero-order valence-electron chi connectivity index (χ0n) is 57.2. The number of aliphatic hydroxyl groups excluding tert-OH is 4. The lowest BCUT2D eigenvalue weighted by molar-refractivity contribution is -0.145. The van der Waals surface area contributed by atoms with E-state index < -0.39 is 24.4 Å². The lowest BCUT2D eigenvalue weighted by Gasteiger charge is -2.34. The van der Waals surface area contributed by atoms with Crippen LogP contribution in [0.5, 0.6) is 0 Å². The van der Waals surface area contributed by atoms with Crippen LogP contribution in [0.25, 0.3) is 0 Å². The van der Waals surface area contributed by atoms with E-state index in [1.54, 1.807) is 0 Å². The zero-order chi connectivity index (χ0) is 65.4. The maximum absolute atomic E-state index is 12.9. The summed E-state index contributed by atoms with van der Waals surface area (Å²) in [4.78, 5) is 70.0. The minimum absolute atomic E-state index is 0.123. The molecule has 20 heteroatoms. The predicted octanol–water partition coefficient (Wildman–Crippen LogP) is 12.0. The summed E-state index contributed by atoms with van der Waals surface area (Å²) in [6, 6.07) is 0. The highest BCUT2D eigenvalue weighted by Gasteiger charge is 2.21. The number of carbonyl (C=O) groups is 5. The topological polar surface area (TPSA) is 225 Å². The molecule has 1 heterocycles. The molecule has 0 saturated carbocycles. The molecule has 4 N–H and O–H groups in total. The molecule has 18 nitrogen and oxygen atoms in total. The fourth-order valence-electron chi connectivity index (χ4n) is 10.5. The van der Waals surface area contributed by atoms with Crippen LogP contribution in [-0.2, 0) is 47.7 Å². The Kier molecular flexibility index (Phi) is 56.6. The van der Waals surface area contributed by atoms with Gasteiger partial charge in [0.25, 0.3) is 0 Å². The van der Waals surface area contributed by atoms with Crippen molar-refractivity contribution in [3.63, 3.8) is 0 Å². The fraction of sp³-hybridized carbons (Fsp3) is 0.928. The van der Waals surface area contributed by atoms with Crippen LogP contribution >= 0.6 is 21.6 Å². The Morgan fingerprint density at radius 3 is 1.02 bits per heavy atom. The highest BCUT2D eigenvalue weighted by Crippen LogP contribution is 2.23. The third-order valence-corrected chi connectivity index (χ3v) is 18.7. The van der Waals surface area contributed by atoms with E-state index in [2.05, 4.69) is 61.1 Å². The number of piperazine rings is 1. The number of carbonyl (C=O) groups excluding carboxylic acids is 5. The zero-order valence-corrected chi connectivity index (χ0v) is 58.8. The summed E-state index contributed by atoms with van der Waals surface area (Å²) in [5, 5.41) is 44.3. The summed E-state index contributed by atoms with van der Waals surface area (Å²) in [5.74, 6) is 2.27. The first-order valence-corrected chi connectivity index (χ1v) is 38.1. The number of ether oxygens (including phenoxy) is 5. The van der Waals surface area contributed by atoms with Crippen LogP contribution in [0.3, 0.4) is 0 Å². The normalized spacial score (nSPS) is 14.6. The molecule has 0 aromatic heterocycles. The monoisotopic (exact) mass is 1300 g/mol. The van der Waals surface area contributed by atoms with E-state index in [-0.39, 0.29) is 36.3 Å². The molecule has 0 spiro atoms. The molecule has 1 rings (SSSR count). The van der Waals surface area contributed by atoms with Crippen molar-refractivity contribution >= 4 is 51.4 Å². The number of esters is 5. The van der Waals surface area contributed by atoms with Crippen molar-refractivity contribution in [2.24, 2.45) is 11.8 Å². The molecule has 4 unspecified atom stereocenters. The number of hydrogen-bond donors (Lipinski definition) is 4. The summed E-state index contributed by atoms with van der Waals surface area (Å²) < 4.78 is 26.9. The molecule has 524 valence electrons. The molecule has 1 aliphatic heterocycles. The summed E-state index contributed by atoms with van der Waals surface area (Å²) in [7, 11) is 3.78. The van der Waals surface area contributed by atoms with Crippen molar-refractivity contribution < 1.29 is 68.1 Å². The predicted molar refractivity (Wildman–Crippen MR) is 363 cm³/mol. The van der Waals surface area contributed by atoms with Crippen LogP contribution in [0.15, 0.2) is 0 Å². The number of unbranched alkanes of at least 4 members (excludes halogenated alkanes) is 14. The first-order chi connectivity index (χ1) is 43.0. The first kappa shape index (κ1) is 84.7. The SMILES string of the molecule is CCCCOC(=O)CCCCCCC(O)CN(CCCC(=O)OCCN1CCN(CCSSCCCN(CC(O)CCCCCCC(=O)OCCC(C)C)CC(O)CCCCCCC(=O)OCCC(C)C)CC1)CC(O)CCCCCCC(=O)OCCCC. The quantitative estimate of drug-likeness (QED) is 0.0192. The van der Waals surface area contributed by atoms with E-state index in [9.17, 15) is 44.4 Å². The summed E-state index contributed by atoms with van der Waals surface area (Å²) in [5.41, 5.74) is 0. The molecule has 0 radical (unpaired) electrons. The van der Waals surface area contributed by atoms with Gasteiger partial charge in [0, 0.05) is 109 Å². The van der Waals surface area contributed by atoms with Crippen molar-refractivity contribution in [3.05, 3.63) is 0 Å². The van der Waals surface area contributed by atoms with Crippen LogP contribution in [0.2, 0.25) is 0 Å². The van der Waals surface area contributed by atoms with Gasteiger partial charge < -0.3 is 44.1 Å². The van der Waals surface area contributed by atoms with Crippen molar-refractivity contribution in [2.45, 2.75) is 278 Å². The number of aliphatic hydroxyl groups is 4. The largest absolute Gasteiger partial charge is 0.466 e. The van der Waals surface area contributed by atoms with Gasteiger partial charge in [-0.05, 0) is 115 Å². The number of rotatable bonds is 63. The van der Waals surface area contributed by atoms with Crippen LogP contribution < -0.4 is 0 Å². The van der Waals surface area contributed by atoms with Gasteiger partial charge in [-0.1, -0.05) is 153 Å². The van der Waals surface area contributed by atoms with Gasteiger partial charge in [-0.2, -0.15) is 0 Å². The van der Waals surface area contributed by atoms with E-state index in [1.165, 1.54) is 0 Å². The van der Waals surface area contributed by atoms with Gasteiger partial charge in [0.05, 0.1) is 50.8 Å². The maximum Gasteiger partial charge on any atom is 0.305 e. The van der Waals surface area contributed by atoms with E-state index in [1.807, 2.05) is 21.6 Å². The van der Waals surface area contributed by atoms with Gasteiger partial charge in [0.2, 0.25) is 0 Å². The van der Waals surface area contributed by atoms with Gasteiger partial charge in [-0.15, -0.1) is 0 Å². The van der Waals surface area contributed by atoms with Gasteiger partial charge in [0.1, 0.15) is 6.61 Å². The Morgan fingerprint density at radius 1 is 0.360 bits per heavy atom. The molecule has 89 heavy (non-hydrogen) atoms. The third kappa shape index (κ3) is 55.9. The van der Waals surface area contributed by atoms with Crippen molar-refractivity contribution in [1.82, 2.24) is 19.6 Å². The molecule has 1 fully saturated rings. The maximum atomic E-state index is 12.9. The molecular weight excluding hydrogens is 1170 g/mol. The smallest absolute Gasteiger partial charge is 0.305 e. The molecule has 0 aliphatic carbocycles. The highest BCUT2D eigenvalue weighted by molar-refractivity contribution is 8.76. The first-order valence-electron chi connectivity index (χ1n) is 35.6. The van der Waals surface area contributed by atoms with Crippen LogP contribution in [-0.4, -0.2) is 217 Å². The second-order valence-electron chi connectivity index (χ2n) is 25.9. The van der Waals surface area contributed by atoms with Gasteiger partial charge in [-0.3, -0.25) is 43.6 Å². The summed E-state index contributed by atoms with van der Waals surface area (Å²) in [6.45, 7) is 23.6. The Labute approximate surface area is 549 Å². The van der Waals surface area contributed by atoms with E-state index in [0.29, 0.717) is 142 Å². The number of hydrogen-bond acceptors (Lipinski definition) is 20. The highest BCUT2D eigenvalue weighted by atomic mass is 33.1. The summed E-state index contributed by atoms with van der Waals surface area (Å²) in [6.07, 6.45) is 23.6. The molecular formula is C69H132N4O14S2. The van der Waals surface area contributed by atoms with Gasteiger partial charge >= 0.3 is 29.8 Å². The molecule has 0 aromatic rings. The Morgan fingerprint density at radius 2 is 0.663 bits per heavy atom. The molecule has 0 bridgehead atoms. The van der Waals surface area contributed by atoms with Gasteiger partial charge in [0.15, 0.2) is 0 Å². The van der Waals surface area contributed by atoms with Crippen LogP contribution in [0, 0.1) is 11.8 Å². The van der Waals surface area contributed by atoms with Crippen LogP contribution in [0.4, 0.5) is 0 Å². The second kappa shape index (κ2) is 59.5. The fourth-order valence-corrected chi connectivity index (χ4v) is 12.6. The Hall–Kier alpha value is -2.27.